The summed E-state index contributed by atoms with van der Waals surface area (Å²) in [4.78, 5) is 11.9. The average Bonchev–Trinajstić information content (AvgIpc) is 2.37. The first-order valence-electron chi connectivity index (χ1n) is 5.29. The summed E-state index contributed by atoms with van der Waals surface area (Å²) in [6.45, 7) is 0. The number of hydrogen-bond donors (Lipinski definition) is 2. The van der Waals surface area contributed by atoms with E-state index in [2.05, 4.69) is 21.2 Å². The smallest absolute Gasteiger partial charge is 0.255 e. The molecule has 0 unspecified atom stereocenters. The Hall–Kier alpha value is -1.59. The summed E-state index contributed by atoms with van der Waals surface area (Å²) in [5.41, 5.74) is 6.31. The van der Waals surface area contributed by atoms with Crippen LogP contribution in [-0.4, -0.2) is 5.91 Å². The fraction of sp³-hybridized carbons (Fsp3) is 0. The Morgan fingerprint density at radius 1 is 1.26 bits per heavy atom. The van der Waals surface area contributed by atoms with Gasteiger partial charge in [0.1, 0.15) is 5.82 Å². The number of benzene rings is 2. The number of nitrogens with two attached hydrogens (primary N) is 1. The molecule has 0 spiro atoms. The predicted molar refractivity (Wildman–Crippen MR) is 77.9 cm³/mol. The number of halogens is 3. The van der Waals surface area contributed by atoms with Gasteiger partial charge >= 0.3 is 0 Å². The number of anilines is 2. The summed E-state index contributed by atoms with van der Waals surface area (Å²) in [6.07, 6.45) is 0. The fourth-order valence-electron chi connectivity index (χ4n) is 1.47. The molecule has 19 heavy (non-hydrogen) atoms. The van der Waals surface area contributed by atoms with Crippen LogP contribution in [0.1, 0.15) is 10.4 Å². The second-order valence-corrected chi connectivity index (χ2v) is 5.14. The fourth-order valence-corrected chi connectivity index (χ4v) is 1.95. The molecule has 98 valence electrons. The second-order valence-electron chi connectivity index (χ2n) is 3.81. The van der Waals surface area contributed by atoms with E-state index in [1.54, 1.807) is 6.07 Å². The van der Waals surface area contributed by atoms with Gasteiger partial charge < -0.3 is 11.1 Å². The van der Waals surface area contributed by atoms with Crippen molar-refractivity contribution in [2.24, 2.45) is 0 Å². The van der Waals surface area contributed by atoms with Crippen molar-refractivity contribution in [3.05, 3.63) is 57.3 Å². The van der Waals surface area contributed by atoms with Crippen LogP contribution in [0.15, 0.2) is 40.9 Å². The van der Waals surface area contributed by atoms with Gasteiger partial charge in [-0.05, 0) is 36.4 Å². The molecule has 3 nitrogen and oxygen atoms in total. The van der Waals surface area contributed by atoms with Crippen LogP contribution in [0.5, 0.6) is 0 Å². The summed E-state index contributed by atoms with van der Waals surface area (Å²) in [7, 11) is 0. The van der Waals surface area contributed by atoms with Crippen molar-refractivity contribution in [3.63, 3.8) is 0 Å². The van der Waals surface area contributed by atoms with Crippen LogP contribution in [0.4, 0.5) is 15.8 Å². The molecule has 0 aliphatic carbocycles. The third kappa shape index (κ3) is 3.24. The molecule has 0 bridgehead atoms. The van der Waals surface area contributed by atoms with Crippen LogP contribution in [0.25, 0.3) is 0 Å². The summed E-state index contributed by atoms with van der Waals surface area (Å²) >= 11 is 8.98. The first-order chi connectivity index (χ1) is 8.97. The molecule has 0 heterocycles. The van der Waals surface area contributed by atoms with E-state index in [1.807, 2.05) is 0 Å². The normalized spacial score (nSPS) is 10.3. The first kappa shape index (κ1) is 13.8. The van der Waals surface area contributed by atoms with Crippen molar-refractivity contribution < 1.29 is 9.18 Å². The van der Waals surface area contributed by atoms with Crippen molar-refractivity contribution in [2.45, 2.75) is 0 Å². The van der Waals surface area contributed by atoms with Crippen LogP contribution >= 0.6 is 27.5 Å². The molecule has 0 aliphatic rings. The minimum Gasteiger partial charge on any atom is -0.398 e. The summed E-state index contributed by atoms with van der Waals surface area (Å²) in [5, 5.41) is 2.84. The van der Waals surface area contributed by atoms with Crippen molar-refractivity contribution >= 4 is 44.8 Å². The lowest BCUT2D eigenvalue weighted by Gasteiger charge is -2.08. The van der Waals surface area contributed by atoms with Gasteiger partial charge in [0.05, 0.1) is 16.4 Å². The molecule has 0 radical (unpaired) electrons. The monoisotopic (exact) mass is 342 g/mol. The maximum Gasteiger partial charge on any atom is 0.255 e. The lowest BCUT2D eigenvalue weighted by Crippen LogP contribution is -2.13. The number of rotatable bonds is 2. The molecule has 0 fully saturated rings. The predicted octanol–water partition coefficient (Wildman–Crippen LogP) is 4.08. The molecule has 0 saturated carbocycles. The highest BCUT2D eigenvalue weighted by molar-refractivity contribution is 9.10. The summed E-state index contributed by atoms with van der Waals surface area (Å²) < 4.78 is 14.2. The molecule has 6 heteroatoms. The number of amides is 1. The Kier molecular flexibility index (Phi) is 4.07. The van der Waals surface area contributed by atoms with Gasteiger partial charge in [0, 0.05) is 10.0 Å². The molecular formula is C13H9BrClFN2O. The summed E-state index contributed by atoms with van der Waals surface area (Å²) in [5.74, 6) is -0.973. The number of hydrogen-bond acceptors (Lipinski definition) is 2. The Labute approximate surface area is 122 Å². The van der Waals surface area contributed by atoms with Gasteiger partial charge in [-0.15, -0.1) is 0 Å². The van der Waals surface area contributed by atoms with E-state index in [0.29, 0.717) is 20.7 Å². The maximum atomic E-state index is 13.5. The third-order valence-corrected chi connectivity index (χ3v) is 3.27. The molecule has 3 N–H and O–H groups in total. The molecule has 2 rings (SSSR count). The molecule has 0 saturated heterocycles. The number of carbonyl (C=O) groups is 1. The minimum atomic E-state index is -0.515. The van der Waals surface area contributed by atoms with Gasteiger partial charge in [0.25, 0.3) is 5.91 Å². The van der Waals surface area contributed by atoms with Gasteiger partial charge in [-0.25, -0.2) is 4.39 Å². The van der Waals surface area contributed by atoms with Crippen molar-refractivity contribution in [1.82, 2.24) is 0 Å². The van der Waals surface area contributed by atoms with Crippen LogP contribution in [0.3, 0.4) is 0 Å². The first-order valence-corrected chi connectivity index (χ1v) is 6.46. The SMILES string of the molecule is Nc1cc(C(=O)Nc2cc(Br)ccc2F)ccc1Cl. The Balaban J connectivity index is 2.25. The zero-order valence-corrected chi connectivity index (χ0v) is 11.9. The van der Waals surface area contributed by atoms with Gasteiger partial charge in [0.2, 0.25) is 0 Å². The van der Waals surface area contributed by atoms with Crippen molar-refractivity contribution in [2.75, 3.05) is 11.1 Å². The zero-order chi connectivity index (χ0) is 14.0. The highest BCUT2D eigenvalue weighted by Crippen LogP contribution is 2.23. The van der Waals surface area contributed by atoms with Crippen LogP contribution in [0.2, 0.25) is 5.02 Å². The number of nitrogens with one attached hydrogen (secondary N) is 1. The van der Waals surface area contributed by atoms with Crippen LogP contribution in [0, 0.1) is 5.82 Å². The lowest BCUT2D eigenvalue weighted by molar-refractivity contribution is 0.102. The Morgan fingerprint density at radius 3 is 2.68 bits per heavy atom. The largest absolute Gasteiger partial charge is 0.398 e. The van der Waals surface area contributed by atoms with Crippen molar-refractivity contribution in [3.8, 4) is 0 Å². The van der Waals surface area contributed by atoms with Gasteiger partial charge in [-0.2, -0.15) is 0 Å². The van der Waals surface area contributed by atoms with E-state index in [1.165, 1.54) is 30.3 Å². The van der Waals surface area contributed by atoms with E-state index in [9.17, 15) is 9.18 Å². The van der Waals surface area contributed by atoms with E-state index in [-0.39, 0.29) is 5.69 Å². The molecule has 0 aliphatic heterocycles. The third-order valence-electron chi connectivity index (χ3n) is 2.43. The Morgan fingerprint density at radius 2 is 2.00 bits per heavy atom. The highest BCUT2D eigenvalue weighted by Gasteiger charge is 2.11. The van der Waals surface area contributed by atoms with Crippen LogP contribution < -0.4 is 11.1 Å². The quantitative estimate of drug-likeness (QED) is 0.807. The van der Waals surface area contributed by atoms with Gasteiger partial charge in [0.15, 0.2) is 0 Å². The van der Waals surface area contributed by atoms with E-state index in [4.69, 9.17) is 17.3 Å². The molecule has 2 aromatic rings. The Bertz CT molecular complexity index is 649. The zero-order valence-electron chi connectivity index (χ0n) is 9.58. The van der Waals surface area contributed by atoms with Crippen LogP contribution in [-0.2, 0) is 0 Å². The van der Waals surface area contributed by atoms with Gasteiger partial charge in [-0.3, -0.25) is 4.79 Å². The minimum absolute atomic E-state index is 0.0906. The molecular weight excluding hydrogens is 335 g/mol. The molecule has 1 amide bonds. The molecule has 0 aromatic heterocycles. The highest BCUT2D eigenvalue weighted by atomic mass is 79.9. The standard InChI is InChI=1S/C13H9BrClFN2O/c14-8-2-4-10(16)12(6-8)18-13(19)7-1-3-9(15)11(17)5-7/h1-6H,17H2,(H,18,19). The second kappa shape index (κ2) is 5.59. The maximum absolute atomic E-state index is 13.5. The van der Waals surface area contributed by atoms with Crippen molar-refractivity contribution in [1.29, 1.82) is 0 Å². The van der Waals surface area contributed by atoms with E-state index >= 15 is 0 Å². The lowest BCUT2D eigenvalue weighted by atomic mass is 10.2. The molecule has 0 atom stereocenters. The van der Waals surface area contributed by atoms with E-state index in [0.717, 1.165) is 0 Å². The van der Waals surface area contributed by atoms with E-state index < -0.39 is 11.7 Å². The topological polar surface area (TPSA) is 55.1 Å². The number of carbonyl (C=O) groups excluding carboxylic acids is 1. The molecule has 2 aromatic carbocycles. The number of nitrogen functional groups attached to an aromatic ring is 1. The summed E-state index contributed by atoms with van der Waals surface area (Å²) in [6, 6.07) is 8.76. The van der Waals surface area contributed by atoms with Gasteiger partial charge in [-0.1, -0.05) is 27.5 Å². The average molecular weight is 344 g/mol.